The summed E-state index contributed by atoms with van der Waals surface area (Å²) >= 11 is 0. The summed E-state index contributed by atoms with van der Waals surface area (Å²) in [5.74, 6) is -2.00. The number of aliphatic imine (C=N–C) groups is 1. The highest BCUT2D eigenvalue weighted by Gasteiger charge is 2.35. The Bertz CT molecular complexity index is 781. The van der Waals surface area contributed by atoms with Crippen LogP contribution in [0.3, 0.4) is 0 Å². The van der Waals surface area contributed by atoms with E-state index in [0.717, 1.165) is 18.4 Å². The number of nitrogens with two attached hydrogens (primary N) is 3. The summed E-state index contributed by atoms with van der Waals surface area (Å²) in [5.41, 5.74) is 17.6. The fourth-order valence-corrected chi connectivity index (χ4v) is 3.67. The van der Waals surface area contributed by atoms with Crippen molar-refractivity contribution in [2.75, 3.05) is 13.1 Å². The van der Waals surface area contributed by atoms with Crippen molar-refractivity contribution in [3.63, 3.8) is 0 Å². The lowest BCUT2D eigenvalue weighted by atomic mass is 9.98. The minimum absolute atomic E-state index is 0.0703. The highest BCUT2D eigenvalue weighted by atomic mass is 16.4. The second kappa shape index (κ2) is 11.9. The van der Waals surface area contributed by atoms with Gasteiger partial charge in [0.25, 0.3) is 0 Å². The maximum atomic E-state index is 13.0. The number of hydrogen-bond acceptors (Lipinski definition) is 5. The number of carboxylic acid groups (broad SMARTS) is 1. The molecular weight excluding hydrogens is 400 g/mol. The Kier molecular flexibility index (Phi) is 9.26. The molecule has 2 amide bonds. The Labute approximate surface area is 181 Å². The van der Waals surface area contributed by atoms with Crippen LogP contribution in [0.15, 0.2) is 35.3 Å². The predicted molar refractivity (Wildman–Crippen MR) is 117 cm³/mol. The minimum atomic E-state index is -1.15. The molecule has 31 heavy (non-hydrogen) atoms. The van der Waals surface area contributed by atoms with Crippen LogP contribution in [0.5, 0.6) is 0 Å². The van der Waals surface area contributed by atoms with Gasteiger partial charge in [-0.2, -0.15) is 0 Å². The molecule has 1 saturated heterocycles. The molecule has 1 aromatic rings. The van der Waals surface area contributed by atoms with Gasteiger partial charge in [0.05, 0.1) is 6.04 Å². The normalized spacial score (nSPS) is 18.0. The van der Waals surface area contributed by atoms with E-state index in [2.05, 4.69) is 10.3 Å². The summed E-state index contributed by atoms with van der Waals surface area (Å²) in [6.07, 6.45) is 2.95. The van der Waals surface area contributed by atoms with Gasteiger partial charge in [-0.1, -0.05) is 30.3 Å². The van der Waals surface area contributed by atoms with Crippen LogP contribution >= 0.6 is 0 Å². The molecule has 0 saturated carbocycles. The third kappa shape index (κ3) is 7.56. The molecule has 0 aliphatic carbocycles. The van der Waals surface area contributed by atoms with Crippen molar-refractivity contribution in [1.29, 1.82) is 0 Å². The van der Waals surface area contributed by atoms with Crippen LogP contribution in [0.4, 0.5) is 0 Å². The van der Waals surface area contributed by atoms with Crippen molar-refractivity contribution in [2.24, 2.45) is 22.2 Å². The molecule has 170 valence electrons. The Morgan fingerprint density at radius 1 is 1.19 bits per heavy atom. The third-order valence-electron chi connectivity index (χ3n) is 5.26. The first-order valence-electron chi connectivity index (χ1n) is 10.5. The molecule has 3 atom stereocenters. The Morgan fingerprint density at radius 3 is 2.55 bits per heavy atom. The molecule has 0 radical (unpaired) electrons. The average molecular weight is 433 g/mol. The van der Waals surface area contributed by atoms with Gasteiger partial charge in [-0.05, 0) is 44.1 Å². The summed E-state index contributed by atoms with van der Waals surface area (Å²) < 4.78 is 0. The lowest BCUT2D eigenvalue weighted by molar-refractivity contribution is -0.146. The van der Waals surface area contributed by atoms with E-state index in [4.69, 9.17) is 17.2 Å². The third-order valence-corrected chi connectivity index (χ3v) is 5.26. The van der Waals surface area contributed by atoms with Gasteiger partial charge in [-0.15, -0.1) is 0 Å². The number of carboxylic acids is 1. The van der Waals surface area contributed by atoms with Crippen LogP contribution in [0, 0.1) is 0 Å². The summed E-state index contributed by atoms with van der Waals surface area (Å²) in [5, 5.41) is 12.0. The number of rotatable bonds is 10. The smallest absolute Gasteiger partial charge is 0.326 e. The number of amides is 2. The first kappa shape index (κ1) is 24.1. The Hall–Kier alpha value is -3.14. The van der Waals surface area contributed by atoms with Crippen LogP contribution in [0.1, 0.15) is 37.7 Å². The number of benzene rings is 1. The van der Waals surface area contributed by atoms with Crippen molar-refractivity contribution in [1.82, 2.24) is 10.2 Å². The van der Waals surface area contributed by atoms with Crippen molar-refractivity contribution in [3.8, 4) is 0 Å². The van der Waals surface area contributed by atoms with Crippen LogP contribution in [0.25, 0.3) is 0 Å². The zero-order chi connectivity index (χ0) is 22.8. The van der Waals surface area contributed by atoms with Gasteiger partial charge in [0.15, 0.2) is 5.96 Å². The van der Waals surface area contributed by atoms with Gasteiger partial charge in [-0.3, -0.25) is 14.6 Å². The molecule has 0 spiro atoms. The first-order valence-corrected chi connectivity index (χ1v) is 10.5. The number of aliphatic carboxylic acids is 1. The highest BCUT2D eigenvalue weighted by molar-refractivity contribution is 5.92. The zero-order valence-electron chi connectivity index (χ0n) is 17.6. The molecule has 1 heterocycles. The molecule has 1 unspecified atom stereocenters. The van der Waals surface area contributed by atoms with E-state index >= 15 is 0 Å². The van der Waals surface area contributed by atoms with Crippen LogP contribution < -0.4 is 22.5 Å². The Balaban J connectivity index is 2.00. The maximum Gasteiger partial charge on any atom is 0.326 e. The molecule has 1 aliphatic heterocycles. The number of guanidine groups is 1. The van der Waals surface area contributed by atoms with Crippen LogP contribution in [-0.4, -0.2) is 65.0 Å². The highest BCUT2D eigenvalue weighted by Crippen LogP contribution is 2.19. The Morgan fingerprint density at radius 2 is 1.90 bits per heavy atom. The number of carbonyl (C=O) groups excluding carboxylic acids is 2. The molecule has 2 rings (SSSR count). The second-order valence-electron chi connectivity index (χ2n) is 7.69. The predicted octanol–water partition coefficient (Wildman–Crippen LogP) is -0.439. The summed E-state index contributed by atoms with van der Waals surface area (Å²) in [7, 11) is 0. The van der Waals surface area contributed by atoms with Gasteiger partial charge in [0, 0.05) is 13.1 Å². The molecule has 0 bridgehead atoms. The van der Waals surface area contributed by atoms with Crippen molar-refractivity contribution in [2.45, 2.75) is 56.7 Å². The summed E-state index contributed by atoms with van der Waals surface area (Å²) in [4.78, 5) is 42.7. The van der Waals surface area contributed by atoms with E-state index in [1.54, 1.807) is 0 Å². The van der Waals surface area contributed by atoms with E-state index in [-0.39, 0.29) is 24.8 Å². The van der Waals surface area contributed by atoms with E-state index < -0.39 is 30.0 Å². The molecule has 1 aliphatic rings. The average Bonchev–Trinajstić information content (AvgIpc) is 2.75. The first-order chi connectivity index (χ1) is 14.8. The number of nitrogens with zero attached hydrogens (tertiary/aromatic N) is 2. The van der Waals surface area contributed by atoms with Gasteiger partial charge in [0.1, 0.15) is 12.1 Å². The van der Waals surface area contributed by atoms with Gasteiger partial charge in [0.2, 0.25) is 11.8 Å². The summed E-state index contributed by atoms with van der Waals surface area (Å²) in [6.45, 7) is 0.687. The number of carbonyl (C=O) groups is 3. The van der Waals surface area contributed by atoms with E-state index in [1.165, 1.54) is 4.90 Å². The largest absolute Gasteiger partial charge is 0.480 e. The fourth-order valence-electron chi connectivity index (χ4n) is 3.67. The zero-order valence-corrected chi connectivity index (χ0v) is 17.6. The second-order valence-corrected chi connectivity index (χ2v) is 7.69. The van der Waals surface area contributed by atoms with Crippen molar-refractivity contribution in [3.05, 3.63) is 35.9 Å². The molecule has 0 aromatic heterocycles. The standard InChI is InChI=1S/C21H32N6O4/c22-15(13-14-7-2-1-3-8-14)19(29)27-12-5-4-10-17(27)18(28)26-16(20(30)31)9-6-11-25-21(23)24/h1-3,7-8,15-17H,4-6,9-13,22H2,(H,26,28)(H,30,31)(H4,23,24,25)/t15-,16+,17?/m1/s1. The van der Waals surface area contributed by atoms with Gasteiger partial charge in [-0.25, -0.2) is 4.79 Å². The lowest BCUT2D eigenvalue weighted by Crippen LogP contribution is -2.58. The van der Waals surface area contributed by atoms with Crippen LogP contribution in [-0.2, 0) is 20.8 Å². The van der Waals surface area contributed by atoms with E-state index in [0.29, 0.717) is 25.8 Å². The fraction of sp³-hybridized carbons (Fsp3) is 0.524. The molecule has 10 nitrogen and oxygen atoms in total. The maximum absolute atomic E-state index is 13.0. The number of piperidine rings is 1. The molecule has 1 aromatic carbocycles. The lowest BCUT2D eigenvalue weighted by Gasteiger charge is -2.36. The number of nitrogens with one attached hydrogen (secondary N) is 1. The van der Waals surface area contributed by atoms with Crippen molar-refractivity contribution >= 4 is 23.7 Å². The summed E-state index contributed by atoms with van der Waals surface area (Å²) in [6, 6.07) is 6.84. The van der Waals surface area contributed by atoms with Crippen molar-refractivity contribution < 1.29 is 19.5 Å². The molecule has 1 fully saturated rings. The van der Waals surface area contributed by atoms with E-state index in [1.807, 2.05) is 30.3 Å². The molecular formula is C21H32N6O4. The minimum Gasteiger partial charge on any atom is -0.480 e. The number of hydrogen-bond donors (Lipinski definition) is 5. The molecule has 10 heteroatoms. The quantitative estimate of drug-likeness (QED) is 0.189. The van der Waals surface area contributed by atoms with Gasteiger partial charge < -0.3 is 32.5 Å². The SMILES string of the molecule is NC(N)=NCCC[C@H](NC(=O)C1CCCCN1C(=O)[C@H](N)Cc1ccccc1)C(=O)O. The topological polar surface area (TPSA) is 177 Å². The number of likely N-dealkylation sites (tertiary alicyclic amines) is 1. The monoisotopic (exact) mass is 432 g/mol. The van der Waals surface area contributed by atoms with Crippen LogP contribution in [0.2, 0.25) is 0 Å². The molecule has 8 N–H and O–H groups in total. The van der Waals surface area contributed by atoms with E-state index in [9.17, 15) is 19.5 Å². The van der Waals surface area contributed by atoms with Gasteiger partial charge >= 0.3 is 5.97 Å².